The first-order valence-corrected chi connectivity index (χ1v) is 21.8. The van der Waals surface area contributed by atoms with Crippen molar-refractivity contribution in [1.82, 2.24) is 5.32 Å². The first-order valence-electron chi connectivity index (χ1n) is 8.51. The summed E-state index contributed by atoms with van der Waals surface area (Å²) in [7, 11) is -8.22. The van der Waals surface area contributed by atoms with E-state index in [1.165, 1.54) is 0 Å². The van der Waals surface area contributed by atoms with Crippen LogP contribution in [0.4, 0.5) is 0 Å². The first kappa shape index (κ1) is 24.7. The highest BCUT2D eigenvalue weighted by molar-refractivity contribution is 9.09. The fraction of sp³-hybridized carbons (Fsp3) is 0.929. The minimum Gasteiger partial charge on any atom is -0.417 e. The van der Waals surface area contributed by atoms with Gasteiger partial charge in [0.05, 0.1) is 5.33 Å². The van der Waals surface area contributed by atoms with Crippen molar-refractivity contribution in [1.29, 1.82) is 0 Å². The van der Waals surface area contributed by atoms with E-state index in [9.17, 15) is 4.79 Å². The van der Waals surface area contributed by atoms with Gasteiger partial charge in [-0.1, -0.05) is 15.9 Å². The van der Waals surface area contributed by atoms with Gasteiger partial charge in [0.25, 0.3) is 0 Å². The lowest BCUT2D eigenvalue weighted by molar-refractivity contribution is -0.118. The Morgan fingerprint density at radius 1 is 0.833 bits per heavy atom. The number of hydrogen-bond acceptors (Lipinski definition) is 4. The lowest BCUT2D eigenvalue weighted by Gasteiger charge is -2.43. The monoisotopic (exact) mass is 473 g/mol. The summed E-state index contributed by atoms with van der Waals surface area (Å²) in [6, 6.07) is 0.758. The second kappa shape index (κ2) is 9.58. The van der Waals surface area contributed by atoms with Gasteiger partial charge in [-0.15, -0.1) is 0 Å². The first-order chi connectivity index (χ1) is 10.6. The fourth-order valence-electron chi connectivity index (χ4n) is 2.20. The van der Waals surface area contributed by atoms with Crippen molar-refractivity contribution in [2.24, 2.45) is 0 Å². The molecule has 0 aliphatic rings. The van der Waals surface area contributed by atoms with E-state index in [0.717, 1.165) is 12.5 Å². The fourth-order valence-corrected chi connectivity index (χ4v) is 17.0. The molecular formula is C14H36BrNO4Si4. The molecule has 1 amide bonds. The lowest BCUT2D eigenvalue weighted by atomic mass is 10.5. The van der Waals surface area contributed by atoms with Crippen molar-refractivity contribution < 1.29 is 17.1 Å². The van der Waals surface area contributed by atoms with Gasteiger partial charge in [0.15, 0.2) is 25.0 Å². The molecule has 144 valence electrons. The zero-order valence-corrected chi connectivity index (χ0v) is 22.4. The second-order valence-electron chi connectivity index (χ2n) is 8.91. The van der Waals surface area contributed by atoms with Gasteiger partial charge >= 0.3 is 8.80 Å². The standard InChI is InChI=1S/C14H36BrNO4Si4/c1-21(2,3)18-24(19-22(4,5)6,20-23(7,8)9)12-10-11-16-14(17)13-15/h10-13H2,1-9H3,(H,16,17). The normalized spacial score (nSPS) is 13.9. The summed E-state index contributed by atoms with van der Waals surface area (Å²) in [5.74, 6) is 0.00520. The zero-order chi connectivity index (χ0) is 19.2. The molecule has 0 aliphatic heterocycles. The Labute approximate surface area is 161 Å². The number of carbonyl (C=O) groups excluding carboxylic acids is 1. The zero-order valence-electron chi connectivity index (χ0n) is 16.8. The van der Waals surface area contributed by atoms with Gasteiger partial charge in [-0.2, -0.15) is 0 Å². The second-order valence-corrected chi connectivity index (χ2v) is 26.5. The third kappa shape index (κ3) is 13.0. The molecule has 0 unspecified atom stereocenters. The highest BCUT2D eigenvalue weighted by atomic mass is 79.9. The molecule has 0 aromatic heterocycles. The molecular weight excluding hydrogens is 438 g/mol. The Hall–Kier alpha value is 0.698. The molecule has 0 radical (unpaired) electrons. The third-order valence-electron chi connectivity index (χ3n) is 2.49. The Balaban J connectivity index is 5.27. The molecule has 0 aromatic carbocycles. The summed E-state index contributed by atoms with van der Waals surface area (Å²) >= 11 is 3.16. The number of amides is 1. The maximum atomic E-state index is 11.4. The Kier molecular flexibility index (Phi) is 9.86. The van der Waals surface area contributed by atoms with Crippen molar-refractivity contribution >= 4 is 55.6 Å². The third-order valence-corrected chi connectivity index (χ3v) is 15.0. The molecule has 0 aromatic rings. The molecule has 0 spiro atoms. The SMILES string of the molecule is C[Si](C)(C)O[Si](CCCNC(=O)CBr)(O[Si](C)(C)C)O[Si](C)(C)C. The van der Waals surface area contributed by atoms with E-state index >= 15 is 0 Å². The molecule has 1 N–H and O–H groups in total. The minimum absolute atomic E-state index is 0.00520. The number of nitrogens with one attached hydrogen (secondary N) is 1. The molecule has 24 heavy (non-hydrogen) atoms. The van der Waals surface area contributed by atoms with E-state index < -0.39 is 33.8 Å². The van der Waals surface area contributed by atoms with Crippen molar-refractivity contribution in [3.8, 4) is 0 Å². The average molecular weight is 475 g/mol. The molecule has 0 fully saturated rings. The van der Waals surface area contributed by atoms with E-state index in [-0.39, 0.29) is 5.91 Å². The van der Waals surface area contributed by atoms with Gasteiger partial charge in [0, 0.05) is 12.6 Å². The van der Waals surface area contributed by atoms with Gasteiger partial charge in [-0.05, 0) is 65.3 Å². The maximum absolute atomic E-state index is 11.4. The predicted octanol–water partition coefficient (Wildman–Crippen LogP) is 4.38. The Bertz CT molecular complexity index is 364. The van der Waals surface area contributed by atoms with Gasteiger partial charge in [-0.3, -0.25) is 4.79 Å². The van der Waals surface area contributed by atoms with Crippen LogP contribution in [0, 0.1) is 0 Å². The van der Waals surface area contributed by atoms with E-state index in [4.69, 9.17) is 12.3 Å². The minimum atomic E-state index is -2.76. The summed E-state index contributed by atoms with van der Waals surface area (Å²) in [5.41, 5.74) is 0. The van der Waals surface area contributed by atoms with Crippen LogP contribution in [0.2, 0.25) is 65.0 Å². The van der Waals surface area contributed by atoms with Gasteiger partial charge in [-0.25, -0.2) is 0 Å². The lowest BCUT2D eigenvalue weighted by Crippen LogP contribution is -2.60. The van der Waals surface area contributed by atoms with Crippen molar-refractivity contribution in [3.63, 3.8) is 0 Å². The highest BCUT2D eigenvalue weighted by Crippen LogP contribution is 2.29. The predicted molar refractivity (Wildman–Crippen MR) is 115 cm³/mol. The van der Waals surface area contributed by atoms with Crippen LogP contribution in [-0.4, -0.2) is 51.5 Å². The van der Waals surface area contributed by atoms with Crippen LogP contribution in [0.3, 0.4) is 0 Å². The highest BCUT2D eigenvalue weighted by Gasteiger charge is 2.49. The van der Waals surface area contributed by atoms with Gasteiger partial charge < -0.3 is 17.7 Å². The van der Waals surface area contributed by atoms with E-state index in [0.29, 0.717) is 11.9 Å². The topological polar surface area (TPSA) is 56.8 Å². The number of rotatable bonds is 11. The molecule has 0 bridgehead atoms. The summed E-state index contributed by atoms with van der Waals surface area (Å²) < 4.78 is 19.8. The molecule has 10 heteroatoms. The molecule has 0 rings (SSSR count). The van der Waals surface area contributed by atoms with Crippen molar-refractivity contribution in [3.05, 3.63) is 0 Å². The molecule has 5 nitrogen and oxygen atoms in total. The number of carbonyl (C=O) groups is 1. The van der Waals surface area contributed by atoms with Crippen LogP contribution < -0.4 is 5.32 Å². The molecule has 0 aliphatic carbocycles. The van der Waals surface area contributed by atoms with E-state index in [1.807, 2.05) is 0 Å². The van der Waals surface area contributed by atoms with Gasteiger partial charge in [0.2, 0.25) is 5.91 Å². The number of alkyl halides is 1. The van der Waals surface area contributed by atoms with Crippen LogP contribution in [0.1, 0.15) is 6.42 Å². The van der Waals surface area contributed by atoms with Crippen LogP contribution >= 0.6 is 15.9 Å². The van der Waals surface area contributed by atoms with Crippen molar-refractivity contribution in [2.45, 2.75) is 71.4 Å². The summed E-state index contributed by atoms with van der Waals surface area (Å²) in [6.45, 7) is 20.3. The molecule has 0 atom stereocenters. The van der Waals surface area contributed by atoms with Gasteiger partial charge in [0.1, 0.15) is 0 Å². The van der Waals surface area contributed by atoms with E-state index in [2.05, 4.69) is 80.2 Å². The summed E-state index contributed by atoms with van der Waals surface area (Å²) in [6.07, 6.45) is 0.810. The van der Waals surface area contributed by atoms with Crippen LogP contribution in [0.15, 0.2) is 0 Å². The maximum Gasteiger partial charge on any atom is 0.469 e. The smallest absolute Gasteiger partial charge is 0.417 e. The van der Waals surface area contributed by atoms with Crippen molar-refractivity contribution in [2.75, 3.05) is 11.9 Å². The van der Waals surface area contributed by atoms with Crippen LogP contribution in [0.5, 0.6) is 0 Å². The quantitative estimate of drug-likeness (QED) is 0.274. The summed E-state index contributed by atoms with van der Waals surface area (Å²) in [4.78, 5) is 11.4. The van der Waals surface area contributed by atoms with Crippen LogP contribution in [-0.2, 0) is 17.1 Å². The molecule has 0 saturated heterocycles. The Morgan fingerprint density at radius 3 is 1.50 bits per heavy atom. The molecule has 0 saturated carbocycles. The molecule has 0 heterocycles. The number of hydrogen-bond donors (Lipinski definition) is 1. The average Bonchev–Trinajstić information content (AvgIpc) is 2.27. The van der Waals surface area contributed by atoms with E-state index in [1.54, 1.807) is 0 Å². The van der Waals surface area contributed by atoms with Crippen LogP contribution in [0.25, 0.3) is 0 Å². The Morgan fingerprint density at radius 2 is 1.21 bits per heavy atom. The largest absolute Gasteiger partial charge is 0.469 e. The summed E-state index contributed by atoms with van der Waals surface area (Å²) in [5, 5.41) is 3.23. The number of halogens is 1.